The Labute approximate surface area is 137 Å². The van der Waals surface area contributed by atoms with Gasteiger partial charge in [-0.15, -0.1) is 0 Å². The van der Waals surface area contributed by atoms with E-state index in [4.69, 9.17) is 0 Å². The zero-order valence-corrected chi connectivity index (χ0v) is 15.6. The zero-order chi connectivity index (χ0) is 16.6. The van der Waals surface area contributed by atoms with Crippen molar-refractivity contribution >= 4 is 13.5 Å². The quantitative estimate of drug-likeness (QED) is 0.606. The summed E-state index contributed by atoms with van der Waals surface area (Å²) in [4.78, 5) is 13.3. The molecule has 0 amide bonds. The predicted octanol–water partition coefficient (Wildman–Crippen LogP) is 5.14. The van der Waals surface area contributed by atoms with Crippen LogP contribution >= 0.6 is 0 Å². The molecule has 0 aromatic heterocycles. The lowest BCUT2D eigenvalue weighted by Gasteiger charge is -2.33. The van der Waals surface area contributed by atoms with E-state index in [1.54, 1.807) is 0 Å². The van der Waals surface area contributed by atoms with Crippen molar-refractivity contribution in [2.75, 3.05) is 0 Å². The van der Waals surface area contributed by atoms with Gasteiger partial charge < -0.3 is 9.90 Å². The van der Waals surface area contributed by atoms with E-state index >= 15 is 0 Å². The first-order valence-corrected chi connectivity index (χ1v) is 11.4. The Morgan fingerprint density at radius 2 is 1.45 bits per heavy atom. The van der Waals surface area contributed by atoms with E-state index in [1.165, 1.54) is 0 Å². The summed E-state index contributed by atoms with van der Waals surface area (Å²) in [6.45, 7) is 8.46. The minimum Gasteiger partial charge on any atom is -0.388 e. The van der Waals surface area contributed by atoms with E-state index in [0.29, 0.717) is 5.41 Å². The van der Waals surface area contributed by atoms with Gasteiger partial charge in [-0.25, -0.2) is 0 Å². The number of rotatable bonds is 10. The molecule has 1 aromatic rings. The highest BCUT2D eigenvalue weighted by Crippen LogP contribution is 2.33. The fourth-order valence-corrected chi connectivity index (χ4v) is 9.23. The topological polar surface area (TPSA) is 37.3 Å². The molecule has 22 heavy (non-hydrogen) atoms. The van der Waals surface area contributed by atoms with Crippen molar-refractivity contribution in [2.24, 2.45) is 5.92 Å². The van der Waals surface area contributed by atoms with E-state index in [0.717, 1.165) is 43.0 Å². The van der Waals surface area contributed by atoms with Crippen LogP contribution in [0.1, 0.15) is 58.6 Å². The van der Waals surface area contributed by atoms with Gasteiger partial charge in [0, 0.05) is 5.92 Å². The van der Waals surface area contributed by atoms with Gasteiger partial charge in [-0.2, -0.15) is 0 Å². The fraction of sp³-hybridized carbons (Fsp3) is 0.632. The molecule has 3 heteroatoms. The van der Waals surface area contributed by atoms with Gasteiger partial charge in [0.1, 0.15) is 13.5 Å². The second kappa shape index (κ2) is 9.26. The van der Waals surface area contributed by atoms with E-state index in [1.807, 2.05) is 37.3 Å². The van der Waals surface area contributed by atoms with Crippen LogP contribution in [0.5, 0.6) is 0 Å². The van der Waals surface area contributed by atoms with Crippen molar-refractivity contribution in [3.05, 3.63) is 35.9 Å². The average Bonchev–Trinajstić information content (AvgIpc) is 2.54. The zero-order valence-electron chi connectivity index (χ0n) is 14.6. The smallest absolute Gasteiger partial charge is 0.133 e. The summed E-state index contributed by atoms with van der Waals surface area (Å²) < 4.78 is 0. The minimum atomic E-state index is -1.96. The monoisotopic (exact) mass is 320 g/mol. The summed E-state index contributed by atoms with van der Waals surface area (Å²) in [5.41, 5.74) is 0.857. The van der Waals surface area contributed by atoms with Crippen LogP contribution < -0.4 is 0 Å². The molecule has 0 aliphatic carbocycles. The third kappa shape index (κ3) is 4.53. The van der Waals surface area contributed by atoms with Gasteiger partial charge in [0.2, 0.25) is 0 Å². The summed E-state index contributed by atoms with van der Waals surface area (Å²) in [6, 6.07) is 12.8. The first-order chi connectivity index (χ1) is 10.5. The molecule has 2 atom stereocenters. The third-order valence-corrected chi connectivity index (χ3v) is 10.6. The Morgan fingerprint density at radius 3 is 1.86 bits per heavy atom. The second-order valence-corrected chi connectivity index (χ2v) is 11.1. The molecule has 0 bridgehead atoms. The maximum absolute atomic E-state index is 13.3. The van der Waals surface area contributed by atoms with Crippen molar-refractivity contribution in [3.63, 3.8) is 0 Å². The van der Waals surface area contributed by atoms with Crippen LogP contribution in [-0.2, 0) is 4.79 Å². The molecule has 1 N–H and O–H groups in total. The number of hydrogen-bond donors (Lipinski definition) is 1. The van der Waals surface area contributed by atoms with Crippen LogP contribution in [0.15, 0.2) is 30.3 Å². The Bertz CT molecular complexity index is 427. The Kier molecular flexibility index (Phi) is 8.05. The molecule has 1 aromatic carbocycles. The van der Waals surface area contributed by atoms with E-state index in [2.05, 4.69) is 20.8 Å². The summed E-state index contributed by atoms with van der Waals surface area (Å²) in [7, 11) is -1.96. The first kappa shape index (κ1) is 19.1. The summed E-state index contributed by atoms with van der Waals surface area (Å²) >= 11 is 0. The van der Waals surface area contributed by atoms with Crippen molar-refractivity contribution in [1.82, 2.24) is 0 Å². The van der Waals surface area contributed by atoms with E-state index in [-0.39, 0.29) is 5.92 Å². The molecule has 124 valence electrons. The van der Waals surface area contributed by atoms with Crippen LogP contribution in [0, 0.1) is 5.92 Å². The summed E-state index contributed by atoms with van der Waals surface area (Å²) in [5, 5.41) is 11.0. The molecule has 0 saturated heterocycles. The third-order valence-electron chi connectivity index (χ3n) is 4.74. The molecule has 0 aliphatic rings. The van der Waals surface area contributed by atoms with Crippen molar-refractivity contribution < 1.29 is 9.90 Å². The molecule has 0 radical (unpaired) electrons. The Balaban J connectivity index is 3.01. The van der Waals surface area contributed by atoms with Gasteiger partial charge >= 0.3 is 0 Å². The molecule has 0 heterocycles. The number of hydrogen-bond acceptors (Lipinski definition) is 2. The number of benzene rings is 1. The lowest BCUT2D eigenvalue weighted by Crippen LogP contribution is -2.48. The van der Waals surface area contributed by atoms with Crippen LogP contribution in [0.25, 0.3) is 0 Å². The highest BCUT2D eigenvalue weighted by molar-refractivity contribution is 7.06. The predicted molar refractivity (Wildman–Crippen MR) is 96.6 cm³/mol. The maximum Gasteiger partial charge on any atom is 0.133 e. The van der Waals surface area contributed by atoms with Crippen molar-refractivity contribution in [3.8, 4) is 0 Å². The van der Waals surface area contributed by atoms with Gasteiger partial charge in [-0.3, -0.25) is 0 Å². The maximum atomic E-state index is 13.3. The molecule has 1 rings (SSSR count). The minimum absolute atomic E-state index is 0.293. The normalized spacial score (nSPS) is 14.6. The summed E-state index contributed by atoms with van der Waals surface area (Å²) in [6.07, 6.45) is 2.55. The molecule has 0 aliphatic heterocycles. The Morgan fingerprint density at radius 1 is 1.00 bits per heavy atom. The fourth-order valence-electron chi connectivity index (χ4n) is 3.75. The van der Waals surface area contributed by atoms with E-state index in [9.17, 15) is 9.90 Å². The molecule has 0 spiro atoms. The van der Waals surface area contributed by atoms with Crippen LogP contribution in [0.2, 0.25) is 18.1 Å². The lowest BCUT2D eigenvalue weighted by atomic mass is 9.99. The number of aliphatic hydroxyl groups excluding tert-OH is 1. The number of carbonyl (C=O) groups excluding carboxylic acids is 1. The molecule has 0 unspecified atom stereocenters. The molecular weight excluding hydrogens is 288 g/mol. The standard InChI is InChI=1S/C19H32O2Si/c1-5-13-22(14-6-2,15-7-3)19(21)16(4)18(20)17-11-9-8-10-12-17/h8-12,16,18,20H,5-7,13-15H2,1-4H3/t16-,18-/m1/s1. The number of carbonyl (C=O) groups is 1. The molecular formula is C19H32O2Si. The van der Waals surface area contributed by atoms with Crippen LogP contribution in [0.3, 0.4) is 0 Å². The highest BCUT2D eigenvalue weighted by Gasteiger charge is 2.42. The first-order valence-electron chi connectivity index (χ1n) is 8.79. The highest BCUT2D eigenvalue weighted by atomic mass is 28.3. The number of aliphatic hydroxyl groups is 1. The largest absolute Gasteiger partial charge is 0.388 e. The van der Waals surface area contributed by atoms with Gasteiger partial charge in [0.25, 0.3) is 0 Å². The van der Waals surface area contributed by atoms with Gasteiger partial charge in [-0.1, -0.05) is 95.4 Å². The van der Waals surface area contributed by atoms with Crippen molar-refractivity contribution in [2.45, 2.75) is 71.2 Å². The SMILES string of the molecule is CCC[Si](CCC)(CCC)C(=O)[C@H](C)[C@@H](O)c1ccccc1. The van der Waals surface area contributed by atoms with Gasteiger partial charge in [-0.05, 0) is 5.56 Å². The van der Waals surface area contributed by atoms with Crippen molar-refractivity contribution in [1.29, 1.82) is 0 Å². The summed E-state index contributed by atoms with van der Waals surface area (Å²) in [5.74, 6) is -0.293. The Hall–Kier alpha value is -0.933. The van der Waals surface area contributed by atoms with Gasteiger partial charge in [0.15, 0.2) is 0 Å². The second-order valence-electron chi connectivity index (χ2n) is 6.54. The van der Waals surface area contributed by atoms with Gasteiger partial charge in [0.05, 0.1) is 6.10 Å². The molecule has 0 fully saturated rings. The molecule has 2 nitrogen and oxygen atoms in total. The lowest BCUT2D eigenvalue weighted by molar-refractivity contribution is -0.119. The van der Waals surface area contributed by atoms with Crippen LogP contribution in [-0.4, -0.2) is 18.6 Å². The average molecular weight is 321 g/mol. The van der Waals surface area contributed by atoms with E-state index < -0.39 is 14.2 Å². The van der Waals surface area contributed by atoms with Crippen LogP contribution in [0.4, 0.5) is 0 Å². The molecule has 0 saturated carbocycles.